The summed E-state index contributed by atoms with van der Waals surface area (Å²) in [6, 6.07) is 26.2. The summed E-state index contributed by atoms with van der Waals surface area (Å²) in [5.74, 6) is 0.753. The number of hydrogen-bond donors (Lipinski definition) is 1. The number of aliphatic imine (C=N–C) groups is 1. The number of aromatic hydroxyl groups is 1. The maximum absolute atomic E-state index is 11.3. The van der Waals surface area contributed by atoms with Crippen molar-refractivity contribution in [1.29, 1.82) is 0 Å². The van der Waals surface area contributed by atoms with E-state index in [1.165, 1.54) is 0 Å². The summed E-state index contributed by atoms with van der Waals surface area (Å²) < 4.78 is 6.33. The molecule has 0 saturated carbocycles. The molecular formula is C37H35N3O2. The van der Waals surface area contributed by atoms with E-state index in [9.17, 15) is 5.11 Å². The lowest BCUT2D eigenvalue weighted by Gasteiger charge is -2.27. The van der Waals surface area contributed by atoms with Gasteiger partial charge in [-0.1, -0.05) is 90.1 Å². The Bertz CT molecular complexity index is 1960. The van der Waals surface area contributed by atoms with Crippen molar-refractivity contribution in [2.45, 2.75) is 52.4 Å². The van der Waals surface area contributed by atoms with E-state index in [1.54, 1.807) is 6.21 Å². The Hall–Kier alpha value is -4.77. The van der Waals surface area contributed by atoms with Crippen LogP contribution in [0.4, 0.5) is 5.69 Å². The van der Waals surface area contributed by atoms with Crippen molar-refractivity contribution >= 4 is 33.8 Å². The van der Waals surface area contributed by atoms with Crippen molar-refractivity contribution < 1.29 is 9.52 Å². The van der Waals surface area contributed by atoms with Gasteiger partial charge in [-0.25, -0.2) is 4.98 Å². The van der Waals surface area contributed by atoms with Gasteiger partial charge in [0.25, 0.3) is 0 Å². The fourth-order valence-corrected chi connectivity index (χ4v) is 5.30. The summed E-state index contributed by atoms with van der Waals surface area (Å²) in [4.78, 5) is 14.1. The Morgan fingerprint density at radius 2 is 1.52 bits per heavy atom. The molecule has 0 aliphatic carbocycles. The summed E-state index contributed by atoms with van der Waals surface area (Å²) in [6.07, 6.45) is 5.44. The number of oxazole rings is 1. The number of benzene rings is 4. The van der Waals surface area contributed by atoms with Gasteiger partial charge in [0.05, 0.1) is 11.3 Å². The number of phenolic OH excluding ortho intramolecular Hbond substituents is 1. The van der Waals surface area contributed by atoms with E-state index in [0.717, 1.165) is 44.1 Å². The standard InChI is InChI=1S/C37H35N3O2/c1-36(2,3)25-19-24(34(41)30(20-25)37(4,5)6)22-39-31-15-8-7-12-29(31)35-40-33-28(14-10-16-32(33)42-35)27-13-9-11-23-21-38-18-17-26(23)27/h7-22,41H,1-6H3. The first-order valence-electron chi connectivity index (χ1n) is 14.2. The minimum atomic E-state index is -0.220. The average Bonchev–Trinajstić information content (AvgIpc) is 3.40. The molecule has 0 fully saturated rings. The molecular weight excluding hydrogens is 518 g/mol. The summed E-state index contributed by atoms with van der Waals surface area (Å²) in [5.41, 5.74) is 7.50. The summed E-state index contributed by atoms with van der Waals surface area (Å²) in [7, 11) is 0. The van der Waals surface area contributed by atoms with Gasteiger partial charge < -0.3 is 9.52 Å². The summed E-state index contributed by atoms with van der Waals surface area (Å²) in [5, 5.41) is 13.4. The monoisotopic (exact) mass is 553 g/mol. The molecule has 6 aromatic rings. The first-order chi connectivity index (χ1) is 20.0. The number of hydrogen-bond acceptors (Lipinski definition) is 5. The molecule has 0 unspecified atom stereocenters. The molecule has 42 heavy (non-hydrogen) atoms. The number of fused-ring (bicyclic) bond motifs is 2. The largest absolute Gasteiger partial charge is 0.507 e. The van der Waals surface area contributed by atoms with Gasteiger partial charge in [-0.2, -0.15) is 0 Å². The lowest BCUT2D eigenvalue weighted by atomic mass is 9.79. The molecule has 0 radical (unpaired) electrons. The summed E-state index contributed by atoms with van der Waals surface area (Å²) >= 11 is 0. The Morgan fingerprint density at radius 3 is 2.31 bits per heavy atom. The van der Waals surface area contributed by atoms with Crippen LogP contribution in [0.25, 0.3) is 44.5 Å². The Balaban J connectivity index is 1.45. The van der Waals surface area contributed by atoms with Gasteiger partial charge in [0, 0.05) is 40.7 Å². The summed E-state index contributed by atoms with van der Waals surface area (Å²) in [6.45, 7) is 12.9. The van der Waals surface area contributed by atoms with Crippen molar-refractivity contribution in [3.63, 3.8) is 0 Å². The second-order valence-corrected chi connectivity index (χ2v) is 12.8. The number of aromatic nitrogens is 2. The Kier molecular flexibility index (Phi) is 6.69. The predicted molar refractivity (Wildman–Crippen MR) is 173 cm³/mol. The van der Waals surface area contributed by atoms with E-state index in [-0.39, 0.29) is 16.6 Å². The van der Waals surface area contributed by atoms with Crippen LogP contribution in [0.1, 0.15) is 58.2 Å². The quantitative estimate of drug-likeness (QED) is 0.221. The highest BCUT2D eigenvalue weighted by Crippen LogP contribution is 2.39. The lowest BCUT2D eigenvalue weighted by Crippen LogP contribution is -2.17. The Morgan fingerprint density at radius 1 is 0.786 bits per heavy atom. The smallest absolute Gasteiger partial charge is 0.229 e. The van der Waals surface area contributed by atoms with E-state index in [4.69, 9.17) is 14.4 Å². The molecule has 1 N–H and O–H groups in total. The minimum absolute atomic E-state index is 0.0787. The number of pyridine rings is 1. The lowest BCUT2D eigenvalue weighted by molar-refractivity contribution is 0.444. The second-order valence-electron chi connectivity index (χ2n) is 12.8. The van der Waals surface area contributed by atoms with Crippen LogP contribution >= 0.6 is 0 Å². The Labute approximate surface area is 246 Å². The average molecular weight is 554 g/mol. The number of rotatable bonds is 4. The van der Waals surface area contributed by atoms with Crippen molar-refractivity contribution in [2.24, 2.45) is 4.99 Å². The topological polar surface area (TPSA) is 71.5 Å². The molecule has 6 rings (SSSR count). The van der Waals surface area contributed by atoms with E-state index in [0.29, 0.717) is 22.7 Å². The van der Waals surface area contributed by atoms with Gasteiger partial charge in [0.2, 0.25) is 5.89 Å². The van der Waals surface area contributed by atoms with E-state index in [1.807, 2.05) is 67.0 Å². The van der Waals surface area contributed by atoms with Crippen LogP contribution in [0, 0.1) is 0 Å². The van der Waals surface area contributed by atoms with Crippen LogP contribution in [0.5, 0.6) is 5.75 Å². The molecule has 0 atom stereocenters. The third-order valence-corrected chi connectivity index (χ3v) is 7.68. The van der Waals surface area contributed by atoms with E-state index >= 15 is 0 Å². The SMILES string of the molecule is CC(C)(C)c1cc(C=Nc2ccccc2-c2nc3c(-c4cccc5cnccc45)cccc3o2)c(O)c(C(C)(C)C)c1. The van der Waals surface area contributed by atoms with Gasteiger partial charge in [-0.3, -0.25) is 9.98 Å². The number of phenols is 1. The first kappa shape index (κ1) is 27.4. The van der Waals surface area contributed by atoms with Gasteiger partial charge in [0.1, 0.15) is 11.3 Å². The van der Waals surface area contributed by atoms with Gasteiger partial charge in [0.15, 0.2) is 5.58 Å². The zero-order valence-corrected chi connectivity index (χ0v) is 24.9. The molecule has 210 valence electrons. The highest BCUT2D eigenvalue weighted by atomic mass is 16.3. The molecule has 5 heteroatoms. The normalized spacial score (nSPS) is 12.5. The van der Waals surface area contributed by atoms with Gasteiger partial charge in [-0.05, 0) is 57.7 Å². The van der Waals surface area contributed by atoms with Crippen LogP contribution in [-0.2, 0) is 10.8 Å². The second kappa shape index (κ2) is 10.3. The number of para-hydroxylation sites is 2. The van der Waals surface area contributed by atoms with Gasteiger partial charge >= 0.3 is 0 Å². The van der Waals surface area contributed by atoms with Crippen molar-refractivity contribution in [3.05, 3.63) is 108 Å². The molecule has 0 spiro atoms. The molecule has 0 aliphatic rings. The molecule has 2 heterocycles. The fraction of sp³-hybridized carbons (Fsp3) is 0.216. The highest BCUT2D eigenvalue weighted by Gasteiger charge is 2.24. The molecule has 2 aromatic heterocycles. The minimum Gasteiger partial charge on any atom is -0.507 e. The van der Waals surface area contributed by atoms with E-state index in [2.05, 4.69) is 70.8 Å². The third kappa shape index (κ3) is 5.07. The van der Waals surface area contributed by atoms with Crippen LogP contribution < -0.4 is 0 Å². The van der Waals surface area contributed by atoms with Crippen LogP contribution in [0.3, 0.4) is 0 Å². The molecule has 0 aliphatic heterocycles. The first-order valence-corrected chi connectivity index (χ1v) is 14.2. The molecule has 4 aromatic carbocycles. The van der Waals surface area contributed by atoms with Crippen molar-refractivity contribution in [1.82, 2.24) is 9.97 Å². The predicted octanol–water partition coefficient (Wildman–Crippen LogP) is 9.76. The maximum Gasteiger partial charge on any atom is 0.229 e. The van der Waals surface area contributed by atoms with Gasteiger partial charge in [-0.15, -0.1) is 0 Å². The molecule has 0 amide bonds. The highest BCUT2D eigenvalue weighted by molar-refractivity contribution is 6.03. The zero-order chi connectivity index (χ0) is 29.6. The van der Waals surface area contributed by atoms with Crippen molar-refractivity contribution in [2.75, 3.05) is 0 Å². The van der Waals surface area contributed by atoms with Crippen LogP contribution in [-0.4, -0.2) is 21.3 Å². The molecule has 5 nitrogen and oxygen atoms in total. The van der Waals surface area contributed by atoms with Crippen molar-refractivity contribution in [3.8, 4) is 28.3 Å². The molecule has 0 saturated heterocycles. The third-order valence-electron chi connectivity index (χ3n) is 7.68. The fourth-order valence-electron chi connectivity index (χ4n) is 5.30. The van der Waals surface area contributed by atoms with Crippen LogP contribution in [0.15, 0.2) is 101 Å². The number of nitrogens with zero attached hydrogens (tertiary/aromatic N) is 3. The zero-order valence-electron chi connectivity index (χ0n) is 24.9. The van der Waals surface area contributed by atoms with Crippen LogP contribution in [0.2, 0.25) is 0 Å². The van der Waals surface area contributed by atoms with E-state index < -0.39 is 0 Å². The molecule has 0 bridgehead atoms. The maximum atomic E-state index is 11.3.